The third-order valence-corrected chi connectivity index (χ3v) is 2.29. The van der Waals surface area contributed by atoms with Crippen LogP contribution >= 0.6 is 0 Å². The zero-order chi connectivity index (χ0) is 12.4. The fourth-order valence-electron chi connectivity index (χ4n) is 1.53. The van der Waals surface area contributed by atoms with Crippen LogP contribution in [-0.2, 0) is 11.8 Å². The van der Waals surface area contributed by atoms with E-state index in [4.69, 9.17) is 5.73 Å². The molecule has 2 aromatic heterocycles. The lowest BCUT2D eigenvalue weighted by molar-refractivity contribution is 0.0600. The Bertz CT molecular complexity index is 562. The molecule has 0 radical (unpaired) electrons. The van der Waals surface area contributed by atoms with E-state index in [0.717, 1.165) is 0 Å². The summed E-state index contributed by atoms with van der Waals surface area (Å²) >= 11 is 0. The van der Waals surface area contributed by atoms with Crippen molar-refractivity contribution in [1.29, 1.82) is 0 Å². The number of pyridine rings is 1. The molecule has 17 heavy (non-hydrogen) atoms. The topological polar surface area (TPSA) is 83.0 Å². The molecular weight excluding hydrogens is 220 g/mol. The van der Waals surface area contributed by atoms with Crippen molar-refractivity contribution in [3.8, 4) is 11.3 Å². The van der Waals surface area contributed by atoms with Gasteiger partial charge >= 0.3 is 5.97 Å². The highest BCUT2D eigenvalue weighted by atomic mass is 16.5. The van der Waals surface area contributed by atoms with Crippen LogP contribution in [0.3, 0.4) is 0 Å². The second-order valence-electron chi connectivity index (χ2n) is 3.56. The number of methoxy groups -OCH3 is 1. The van der Waals surface area contributed by atoms with Gasteiger partial charge in [0.25, 0.3) is 0 Å². The van der Waals surface area contributed by atoms with Crippen LogP contribution in [0.25, 0.3) is 11.3 Å². The molecule has 2 rings (SSSR count). The normalized spacial score (nSPS) is 10.2. The largest absolute Gasteiger partial charge is 0.465 e. The number of anilines is 1. The second-order valence-corrected chi connectivity index (χ2v) is 3.56. The highest BCUT2D eigenvalue weighted by Crippen LogP contribution is 2.23. The molecule has 2 heterocycles. The van der Waals surface area contributed by atoms with E-state index in [-0.39, 0.29) is 0 Å². The smallest absolute Gasteiger partial charge is 0.339 e. The van der Waals surface area contributed by atoms with Gasteiger partial charge in [-0.15, -0.1) is 0 Å². The lowest BCUT2D eigenvalue weighted by Crippen LogP contribution is -2.02. The number of aromatic nitrogens is 3. The van der Waals surface area contributed by atoms with Gasteiger partial charge in [-0.2, -0.15) is 5.10 Å². The van der Waals surface area contributed by atoms with Crippen LogP contribution in [0.5, 0.6) is 0 Å². The predicted octanol–water partition coefficient (Wildman–Crippen LogP) is 0.851. The molecule has 6 nitrogen and oxygen atoms in total. The monoisotopic (exact) mass is 232 g/mol. The number of nitrogens with zero attached hydrogens (tertiary/aromatic N) is 3. The number of esters is 1. The number of carbonyl (C=O) groups is 1. The molecule has 0 amide bonds. The first kappa shape index (κ1) is 11.1. The first-order valence-corrected chi connectivity index (χ1v) is 4.94. The Kier molecular flexibility index (Phi) is 2.78. The average Bonchev–Trinajstić information content (AvgIpc) is 2.67. The summed E-state index contributed by atoms with van der Waals surface area (Å²) in [5.74, 6) is -0.436. The van der Waals surface area contributed by atoms with E-state index in [9.17, 15) is 4.79 Å². The number of rotatable bonds is 2. The molecule has 0 saturated carbocycles. The summed E-state index contributed by atoms with van der Waals surface area (Å²) < 4.78 is 6.23. The first-order valence-electron chi connectivity index (χ1n) is 4.94. The zero-order valence-corrected chi connectivity index (χ0v) is 9.54. The van der Waals surface area contributed by atoms with Gasteiger partial charge < -0.3 is 10.5 Å². The van der Waals surface area contributed by atoms with Crippen LogP contribution in [0.2, 0.25) is 0 Å². The third-order valence-electron chi connectivity index (χ3n) is 2.29. The first-order chi connectivity index (χ1) is 8.11. The number of nitrogens with two attached hydrogens (primary N) is 1. The van der Waals surface area contributed by atoms with E-state index in [1.165, 1.54) is 13.3 Å². The van der Waals surface area contributed by atoms with Gasteiger partial charge in [0, 0.05) is 31.2 Å². The summed E-state index contributed by atoms with van der Waals surface area (Å²) in [7, 11) is 3.10. The number of hydrogen-bond donors (Lipinski definition) is 1. The third kappa shape index (κ3) is 2.10. The number of aryl methyl sites for hydroxylation is 1. The van der Waals surface area contributed by atoms with Gasteiger partial charge in [0.1, 0.15) is 5.69 Å². The maximum Gasteiger partial charge on any atom is 0.339 e. The Labute approximate surface area is 98.0 Å². The van der Waals surface area contributed by atoms with Crippen molar-refractivity contribution >= 4 is 11.7 Å². The van der Waals surface area contributed by atoms with Crippen molar-refractivity contribution in [2.24, 2.45) is 7.05 Å². The van der Waals surface area contributed by atoms with Crippen LogP contribution in [0.1, 0.15) is 10.4 Å². The molecule has 0 fully saturated rings. The average molecular weight is 232 g/mol. The van der Waals surface area contributed by atoms with Crippen molar-refractivity contribution < 1.29 is 9.53 Å². The Balaban J connectivity index is 2.46. The molecule has 0 saturated heterocycles. The predicted molar refractivity (Wildman–Crippen MR) is 62.2 cm³/mol. The summed E-state index contributed by atoms with van der Waals surface area (Å²) in [5.41, 5.74) is 8.00. The molecule has 2 N–H and O–H groups in total. The van der Waals surface area contributed by atoms with E-state index < -0.39 is 5.97 Å². The Morgan fingerprint density at radius 3 is 2.82 bits per heavy atom. The molecule has 88 valence electrons. The lowest BCUT2D eigenvalue weighted by Gasteiger charge is -2.01. The second kappa shape index (κ2) is 4.25. The van der Waals surface area contributed by atoms with Gasteiger partial charge in [-0.1, -0.05) is 0 Å². The van der Waals surface area contributed by atoms with Crippen LogP contribution < -0.4 is 5.73 Å². The van der Waals surface area contributed by atoms with Gasteiger partial charge in [-0.25, -0.2) is 4.79 Å². The van der Waals surface area contributed by atoms with Crippen molar-refractivity contribution in [3.05, 3.63) is 30.2 Å². The summed E-state index contributed by atoms with van der Waals surface area (Å²) in [6, 6.07) is 1.65. The summed E-state index contributed by atoms with van der Waals surface area (Å²) in [6.45, 7) is 0. The van der Waals surface area contributed by atoms with Gasteiger partial charge in [0.2, 0.25) is 0 Å². The van der Waals surface area contributed by atoms with E-state index in [2.05, 4.69) is 14.8 Å². The van der Waals surface area contributed by atoms with Crippen molar-refractivity contribution in [2.75, 3.05) is 12.8 Å². The molecule has 2 aromatic rings. The van der Waals surface area contributed by atoms with Gasteiger partial charge in [-0.3, -0.25) is 9.67 Å². The lowest BCUT2D eigenvalue weighted by atomic mass is 10.1. The standard InChI is InChI=1S/C11H12N4O2/c1-15-6-9(12)10(14-15)7-3-8(5-13-4-7)11(16)17-2/h3-6H,12H2,1-2H3. The highest BCUT2D eigenvalue weighted by molar-refractivity contribution is 5.90. The number of nitrogen functional groups attached to an aromatic ring is 1. The van der Waals surface area contributed by atoms with Crippen molar-refractivity contribution in [2.45, 2.75) is 0 Å². The van der Waals surface area contributed by atoms with Crippen LogP contribution in [0, 0.1) is 0 Å². The van der Waals surface area contributed by atoms with Crippen molar-refractivity contribution in [3.63, 3.8) is 0 Å². The summed E-state index contributed by atoms with van der Waals surface area (Å²) in [4.78, 5) is 15.3. The Morgan fingerprint density at radius 2 is 2.24 bits per heavy atom. The highest BCUT2D eigenvalue weighted by Gasteiger charge is 2.11. The van der Waals surface area contributed by atoms with Gasteiger partial charge in [0.15, 0.2) is 0 Å². The fraction of sp³-hybridized carbons (Fsp3) is 0.182. The molecule has 0 unspecified atom stereocenters. The molecule has 6 heteroatoms. The van der Waals surface area contributed by atoms with Gasteiger partial charge in [-0.05, 0) is 6.07 Å². The van der Waals surface area contributed by atoms with E-state index in [1.807, 2.05) is 0 Å². The quantitative estimate of drug-likeness (QED) is 0.776. The molecule has 0 aliphatic rings. The number of carbonyl (C=O) groups excluding carboxylic acids is 1. The zero-order valence-electron chi connectivity index (χ0n) is 9.54. The molecule has 0 aliphatic carbocycles. The molecule has 0 atom stereocenters. The van der Waals surface area contributed by atoms with E-state index in [0.29, 0.717) is 22.5 Å². The molecule has 0 aromatic carbocycles. The molecule has 0 aliphatic heterocycles. The molecule has 0 bridgehead atoms. The van der Waals surface area contributed by atoms with Crippen molar-refractivity contribution in [1.82, 2.24) is 14.8 Å². The Morgan fingerprint density at radius 1 is 1.47 bits per heavy atom. The fourth-order valence-corrected chi connectivity index (χ4v) is 1.53. The van der Waals surface area contributed by atoms with Crippen LogP contribution in [-0.4, -0.2) is 27.8 Å². The van der Waals surface area contributed by atoms with Gasteiger partial charge in [0.05, 0.1) is 18.4 Å². The number of ether oxygens (including phenoxy) is 1. The molecule has 0 spiro atoms. The maximum absolute atomic E-state index is 11.4. The minimum atomic E-state index is -0.436. The maximum atomic E-state index is 11.4. The number of hydrogen-bond acceptors (Lipinski definition) is 5. The van der Waals surface area contributed by atoms with E-state index >= 15 is 0 Å². The minimum absolute atomic E-state index is 0.370. The van der Waals surface area contributed by atoms with Crippen LogP contribution in [0.15, 0.2) is 24.7 Å². The summed E-state index contributed by atoms with van der Waals surface area (Å²) in [6.07, 6.45) is 4.74. The van der Waals surface area contributed by atoms with Crippen LogP contribution in [0.4, 0.5) is 5.69 Å². The minimum Gasteiger partial charge on any atom is -0.465 e. The summed E-state index contributed by atoms with van der Waals surface area (Å²) in [5, 5.41) is 4.21. The SMILES string of the molecule is COC(=O)c1cncc(-c2nn(C)cc2N)c1. The van der Waals surface area contributed by atoms with E-state index in [1.54, 1.807) is 30.2 Å². The molecular formula is C11H12N4O2. The Hall–Kier alpha value is -2.37.